The average molecular weight is 367 g/mol. The van der Waals surface area contributed by atoms with Gasteiger partial charge in [-0.2, -0.15) is 9.36 Å². The highest BCUT2D eigenvalue weighted by Gasteiger charge is 2.21. The van der Waals surface area contributed by atoms with Crippen LogP contribution in [-0.2, 0) is 14.5 Å². The molecular formula is C12H12Cl2N2O3S2. The molecule has 0 saturated heterocycles. The van der Waals surface area contributed by atoms with Gasteiger partial charge in [-0.3, -0.25) is 0 Å². The number of benzene rings is 1. The Balaban J connectivity index is 2.27. The number of hydrogen-bond acceptors (Lipinski definition) is 6. The zero-order valence-electron chi connectivity index (χ0n) is 11.4. The van der Waals surface area contributed by atoms with Crippen LogP contribution in [-0.4, -0.2) is 17.8 Å². The molecule has 0 bridgehead atoms. The van der Waals surface area contributed by atoms with Crippen LogP contribution in [0.4, 0.5) is 0 Å². The Kier molecular flexibility index (Phi) is 4.49. The first kappa shape index (κ1) is 16.5. The molecule has 0 aliphatic carbocycles. The van der Waals surface area contributed by atoms with Crippen LogP contribution in [0, 0.1) is 0 Å². The number of ether oxygens (including phenoxy) is 1. The topological polar surface area (TPSA) is 69.2 Å². The minimum Gasteiger partial charge on any atom is -0.428 e. The number of nitrogens with zero attached hydrogens (tertiary/aromatic N) is 2. The van der Waals surface area contributed by atoms with Gasteiger partial charge in [0, 0.05) is 27.6 Å². The molecule has 1 aromatic carbocycles. The maximum absolute atomic E-state index is 11.2. The summed E-state index contributed by atoms with van der Waals surface area (Å²) < 4.78 is 32.2. The Labute approximate surface area is 136 Å². The van der Waals surface area contributed by atoms with Gasteiger partial charge in [0.2, 0.25) is 0 Å². The van der Waals surface area contributed by atoms with Crippen LogP contribution >= 0.6 is 33.8 Å². The third-order valence-electron chi connectivity index (χ3n) is 2.46. The number of aromatic nitrogens is 2. The molecule has 0 saturated carbocycles. The van der Waals surface area contributed by atoms with Crippen molar-refractivity contribution in [2.24, 2.45) is 0 Å². The van der Waals surface area contributed by atoms with Gasteiger partial charge in [-0.05, 0) is 18.2 Å². The lowest BCUT2D eigenvalue weighted by Crippen LogP contribution is -2.12. The Morgan fingerprint density at radius 3 is 2.43 bits per heavy atom. The molecule has 9 heteroatoms. The average Bonchev–Trinajstić information content (AvgIpc) is 2.78. The Hall–Kier alpha value is -0.890. The summed E-state index contributed by atoms with van der Waals surface area (Å²) in [5.74, 6) is 0.955. The summed E-state index contributed by atoms with van der Waals surface area (Å²) in [4.78, 5) is 4.18. The molecule has 0 fully saturated rings. The van der Waals surface area contributed by atoms with Gasteiger partial charge < -0.3 is 4.74 Å². The standard InChI is InChI=1S/C12H12Cl2N2O3S2/c1-12(2,3)10-15-11(20-16-10)19-9-5-4-7(6-8(9)13)21(14,17)18/h4-6H,1-3H3. The highest BCUT2D eigenvalue weighted by Crippen LogP contribution is 2.34. The molecule has 2 aromatic rings. The van der Waals surface area contributed by atoms with Crippen LogP contribution in [0.3, 0.4) is 0 Å². The molecule has 0 unspecified atom stereocenters. The van der Waals surface area contributed by atoms with Crippen molar-refractivity contribution in [3.63, 3.8) is 0 Å². The van der Waals surface area contributed by atoms with Crippen molar-refractivity contribution >= 4 is 42.9 Å². The highest BCUT2D eigenvalue weighted by molar-refractivity contribution is 8.13. The lowest BCUT2D eigenvalue weighted by atomic mass is 9.96. The zero-order valence-corrected chi connectivity index (χ0v) is 14.6. The zero-order chi connectivity index (χ0) is 15.8. The largest absolute Gasteiger partial charge is 0.428 e. The SMILES string of the molecule is CC(C)(C)c1nsc(Oc2ccc(S(=O)(=O)Cl)cc2Cl)n1. The Bertz CT molecular complexity index is 767. The first-order chi connectivity index (χ1) is 9.57. The third kappa shape index (κ3) is 4.06. The molecule has 0 amide bonds. The van der Waals surface area contributed by atoms with Crippen molar-refractivity contribution in [1.29, 1.82) is 0 Å². The van der Waals surface area contributed by atoms with E-state index in [0.717, 1.165) is 11.5 Å². The van der Waals surface area contributed by atoms with Crippen molar-refractivity contribution < 1.29 is 13.2 Å². The molecular weight excluding hydrogens is 355 g/mol. The molecule has 0 aliphatic rings. The van der Waals surface area contributed by atoms with E-state index in [4.69, 9.17) is 27.0 Å². The van der Waals surface area contributed by atoms with Gasteiger partial charge in [0.05, 0.1) is 9.92 Å². The molecule has 0 radical (unpaired) electrons. The van der Waals surface area contributed by atoms with Crippen LogP contribution in [0.25, 0.3) is 0 Å². The quantitative estimate of drug-likeness (QED) is 0.760. The monoisotopic (exact) mass is 366 g/mol. The van der Waals surface area contributed by atoms with E-state index in [9.17, 15) is 8.42 Å². The van der Waals surface area contributed by atoms with E-state index in [-0.39, 0.29) is 21.1 Å². The summed E-state index contributed by atoms with van der Waals surface area (Å²) in [5.41, 5.74) is -0.182. The molecule has 0 N–H and O–H groups in total. The van der Waals surface area contributed by atoms with Gasteiger partial charge in [0.25, 0.3) is 14.2 Å². The molecule has 0 aliphatic heterocycles. The van der Waals surface area contributed by atoms with Gasteiger partial charge >= 0.3 is 0 Å². The van der Waals surface area contributed by atoms with Crippen molar-refractivity contribution in [3.8, 4) is 10.9 Å². The summed E-state index contributed by atoms with van der Waals surface area (Å²) in [5, 5.41) is 0.465. The molecule has 1 aromatic heterocycles. The van der Waals surface area contributed by atoms with Gasteiger partial charge in [0.1, 0.15) is 5.75 Å². The maximum Gasteiger partial charge on any atom is 0.298 e. The Morgan fingerprint density at radius 1 is 1.29 bits per heavy atom. The molecule has 1 heterocycles. The van der Waals surface area contributed by atoms with Crippen molar-refractivity contribution in [2.75, 3.05) is 0 Å². The predicted molar refractivity (Wildman–Crippen MR) is 83.2 cm³/mol. The highest BCUT2D eigenvalue weighted by atomic mass is 35.7. The van der Waals surface area contributed by atoms with E-state index in [0.29, 0.717) is 11.0 Å². The van der Waals surface area contributed by atoms with E-state index in [2.05, 4.69) is 9.36 Å². The second-order valence-electron chi connectivity index (χ2n) is 5.27. The molecule has 2 rings (SSSR count). The third-order valence-corrected chi connectivity index (χ3v) is 4.70. The van der Waals surface area contributed by atoms with Crippen LogP contribution in [0.15, 0.2) is 23.1 Å². The summed E-state index contributed by atoms with van der Waals surface area (Å²) >= 11 is 7.09. The fraction of sp³-hybridized carbons (Fsp3) is 0.333. The fourth-order valence-electron chi connectivity index (χ4n) is 1.37. The molecule has 114 valence electrons. The summed E-state index contributed by atoms with van der Waals surface area (Å²) in [6.07, 6.45) is 0. The molecule has 0 spiro atoms. The number of hydrogen-bond donors (Lipinski definition) is 0. The summed E-state index contributed by atoms with van der Waals surface area (Å²) in [6, 6.07) is 3.97. The number of halogens is 2. The molecule has 0 atom stereocenters. The van der Waals surface area contributed by atoms with Gasteiger partial charge in [-0.1, -0.05) is 32.4 Å². The lowest BCUT2D eigenvalue weighted by Gasteiger charge is -2.12. The first-order valence-corrected chi connectivity index (χ1v) is 9.30. The molecule has 5 nitrogen and oxygen atoms in total. The van der Waals surface area contributed by atoms with Crippen LogP contribution in [0.5, 0.6) is 10.9 Å². The van der Waals surface area contributed by atoms with Crippen LogP contribution in [0.2, 0.25) is 5.02 Å². The summed E-state index contributed by atoms with van der Waals surface area (Å²) in [7, 11) is 1.43. The van der Waals surface area contributed by atoms with Crippen molar-refractivity contribution in [1.82, 2.24) is 9.36 Å². The maximum atomic E-state index is 11.2. The summed E-state index contributed by atoms with van der Waals surface area (Å²) in [6.45, 7) is 5.98. The van der Waals surface area contributed by atoms with E-state index < -0.39 is 9.05 Å². The minimum absolute atomic E-state index is 0.0887. The van der Waals surface area contributed by atoms with Gasteiger partial charge in [-0.25, -0.2) is 8.42 Å². The van der Waals surface area contributed by atoms with Gasteiger partial charge in [-0.15, -0.1) is 0 Å². The van der Waals surface area contributed by atoms with Gasteiger partial charge in [0.15, 0.2) is 5.82 Å². The minimum atomic E-state index is -3.82. The van der Waals surface area contributed by atoms with Crippen LogP contribution < -0.4 is 4.74 Å². The Morgan fingerprint density at radius 2 is 1.95 bits per heavy atom. The van der Waals surface area contributed by atoms with E-state index in [1.807, 2.05) is 20.8 Å². The van der Waals surface area contributed by atoms with E-state index in [1.165, 1.54) is 18.2 Å². The van der Waals surface area contributed by atoms with Crippen LogP contribution in [0.1, 0.15) is 26.6 Å². The smallest absolute Gasteiger partial charge is 0.298 e. The van der Waals surface area contributed by atoms with Crippen molar-refractivity contribution in [2.45, 2.75) is 31.1 Å². The van der Waals surface area contributed by atoms with E-state index >= 15 is 0 Å². The number of rotatable bonds is 3. The second kappa shape index (κ2) is 5.72. The molecule has 21 heavy (non-hydrogen) atoms. The normalized spacial score (nSPS) is 12.4. The van der Waals surface area contributed by atoms with Crippen molar-refractivity contribution in [3.05, 3.63) is 29.0 Å². The lowest BCUT2D eigenvalue weighted by molar-refractivity contribution is 0.468. The first-order valence-electron chi connectivity index (χ1n) is 5.83. The second-order valence-corrected chi connectivity index (χ2v) is 8.95. The van der Waals surface area contributed by atoms with E-state index in [1.54, 1.807) is 0 Å². The fourth-order valence-corrected chi connectivity index (χ4v) is 3.16. The predicted octanol–water partition coefficient (Wildman–Crippen LogP) is 4.21.